The van der Waals surface area contributed by atoms with E-state index in [2.05, 4.69) is 10.4 Å². The van der Waals surface area contributed by atoms with Gasteiger partial charge in [-0.3, -0.25) is 9.20 Å². The highest BCUT2D eigenvalue weighted by Gasteiger charge is 2.11. The largest absolute Gasteiger partial charge is 0.461 e. The molecule has 7 nitrogen and oxygen atoms in total. The number of aromatic nitrogens is 3. The lowest BCUT2D eigenvalue weighted by Crippen LogP contribution is -2.27. The summed E-state index contributed by atoms with van der Waals surface area (Å²) in [5.74, 6) is 0.614. The minimum Gasteiger partial charge on any atom is -0.461 e. The molecule has 4 rings (SSSR count). The lowest BCUT2D eigenvalue weighted by atomic mass is 10.1. The Morgan fingerprint density at radius 2 is 1.93 bits per heavy atom. The zero-order valence-electron chi connectivity index (χ0n) is 16.3. The van der Waals surface area contributed by atoms with Crippen molar-refractivity contribution < 1.29 is 13.6 Å². The van der Waals surface area contributed by atoms with Gasteiger partial charge in [0.25, 0.3) is 0 Å². The summed E-state index contributed by atoms with van der Waals surface area (Å²) >= 11 is 0. The highest BCUT2D eigenvalue weighted by atomic mass is 19.1. The van der Waals surface area contributed by atoms with Crippen LogP contribution in [0.25, 0.3) is 17.0 Å². The van der Waals surface area contributed by atoms with Gasteiger partial charge in [0.05, 0.1) is 5.56 Å². The van der Waals surface area contributed by atoms with Crippen LogP contribution in [-0.4, -0.2) is 26.6 Å². The van der Waals surface area contributed by atoms with Gasteiger partial charge in [-0.05, 0) is 42.8 Å². The highest BCUT2D eigenvalue weighted by molar-refractivity contribution is 5.76. The van der Waals surface area contributed by atoms with Gasteiger partial charge in [-0.2, -0.15) is 0 Å². The summed E-state index contributed by atoms with van der Waals surface area (Å²) in [6, 6.07) is 15.2. The third kappa shape index (κ3) is 4.32. The highest BCUT2D eigenvalue weighted by Crippen LogP contribution is 2.25. The zero-order chi connectivity index (χ0) is 20.9. The molecule has 0 atom stereocenters. The van der Waals surface area contributed by atoms with Crippen LogP contribution in [0.2, 0.25) is 0 Å². The van der Waals surface area contributed by atoms with Crippen molar-refractivity contribution in [1.29, 1.82) is 0 Å². The van der Waals surface area contributed by atoms with Crippen LogP contribution in [0.1, 0.15) is 18.6 Å². The average molecular weight is 408 g/mol. The van der Waals surface area contributed by atoms with Crippen molar-refractivity contribution in [3.05, 3.63) is 82.9 Å². The second-order valence-corrected chi connectivity index (χ2v) is 6.88. The van der Waals surface area contributed by atoms with Crippen molar-refractivity contribution >= 4 is 11.6 Å². The van der Waals surface area contributed by atoms with Gasteiger partial charge < -0.3 is 9.73 Å². The molecular weight excluding hydrogens is 387 g/mol. The Hall–Kier alpha value is -3.68. The Morgan fingerprint density at radius 3 is 2.77 bits per heavy atom. The Balaban J connectivity index is 1.22. The fraction of sp³-hybridized carbons (Fsp3) is 0.227. The number of pyridine rings is 1. The van der Waals surface area contributed by atoms with Crippen LogP contribution < -0.4 is 11.0 Å². The number of furan rings is 1. The standard InChI is InChI=1S/C22H21FN4O3/c23-18-7-2-1-6-17(18)19-11-9-16(30-19)10-12-21(28)24-13-5-15-27-22(29)26-14-4-3-8-20(26)25-27/h1-4,6-9,11,14H,5,10,12-13,15H2,(H,24,28). The fourth-order valence-corrected chi connectivity index (χ4v) is 3.21. The maximum atomic E-state index is 13.8. The predicted octanol–water partition coefficient (Wildman–Crippen LogP) is 3.03. The Morgan fingerprint density at radius 1 is 1.10 bits per heavy atom. The first-order chi connectivity index (χ1) is 14.6. The number of amides is 1. The van der Waals surface area contributed by atoms with E-state index in [1.54, 1.807) is 48.7 Å². The summed E-state index contributed by atoms with van der Waals surface area (Å²) < 4.78 is 22.4. The second kappa shape index (κ2) is 8.77. The minimum atomic E-state index is -0.346. The number of rotatable bonds is 8. The van der Waals surface area contributed by atoms with Crippen LogP contribution in [0.4, 0.5) is 4.39 Å². The number of nitrogens with zero attached hydrogens (tertiary/aromatic N) is 3. The molecule has 0 fully saturated rings. The maximum Gasteiger partial charge on any atom is 0.350 e. The van der Waals surface area contributed by atoms with E-state index in [4.69, 9.17) is 4.42 Å². The summed E-state index contributed by atoms with van der Waals surface area (Å²) in [6.45, 7) is 0.864. The molecule has 0 aliphatic carbocycles. The molecule has 1 aromatic carbocycles. The number of hydrogen-bond donors (Lipinski definition) is 1. The first kappa shape index (κ1) is 19.6. The van der Waals surface area contributed by atoms with Gasteiger partial charge in [0.15, 0.2) is 5.65 Å². The smallest absolute Gasteiger partial charge is 0.350 e. The molecule has 0 saturated carbocycles. The number of nitrogens with one attached hydrogen (secondary N) is 1. The van der Waals surface area contributed by atoms with Crippen molar-refractivity contribution in [3.8, 4) is 11.3 Å². The van der Waals surface area contributed by atoms with Gasteiger partial charge in [-0.25, -0.2) is 13.9 Å². The molecule has 3 heterocycles. The Labute approximate surface area is 171 Å². The van der Waals surface area contributed by atoms with E-state index in [9.17, 15) is 14.0 Å². The molecule has 0 aliphatic heterocycles. The van der Waals surface area contributed by atoms with Crippen LogP contribution in [0.3, 0.4) is 0 Å². The van der Waals surface area contributed by atoms with Crippen molar-refractivity contribution in [1.82, 2.24) is 19.5 Å². The quantitative estimate of drug-likeness (QED) is 0.455. The molecule has 1 amide bonds. The molecule has 8 heteroatoms. The summed E-state index contributed by atoms with van der Waals surface area (Å²) in [4.78, 5) is 24.2. The normalized spacial score (nSPS) is 11.1. The Kier molecular flexibility index (Phi) is 5.74. The molecule has 0 aliphatic rings. The number of carbonyl (C=O) groups is 1. The molecule has 1 N–H and O–H groups in total. The number of halogens is 1. The third-order valence-electron chi connectivity index (χ3n) is 4.76. The average Bonchev–Trinajstić information content (AvgIpc) is 3.35. The third-order valence-corrected chi connectivity index (χ3v) is 4.76. The number of fused-ring (bicyclic) bond motifs is 1. The summed E-state index contributed by atoms with van der Waals surface area (Å²) in [5.41, 5.74) is 0.801. The van der Waals surface area contributed by atoms with E-state index < -0.39 is 0 Å². The molecule has 3 aromatic heterocycles. The Bertz CT molecular complexity index is 1220. The minimum absolute atomic E-state index is 0.110. The van der Waals surface area contributed by atoms with E-state index in [0.29, 0.717) is 48.7 Å². The van der Waals surface area contributed by atoms with Crippen LogP contribution in [0, 0.1) is 5.82 Å². The molecule has 30 heavy (non-hydrogen) atoms. The molecule has 0 radical (unpaired) electrons. The van der Waals surface area contributed by atoms with E-state index >= 15 is 0 Å². The van der Waals surface area contributed by atoms with Crippen molar-refractivity contribution in [2.24, 2.45) is 0 Å². The lowest BCUT2D eigenvalue weighted by molar-refractivity contribution is -0.121. The summed E-state index contributed by atoms with van der Waals surface area (Å²) in [7, 11) is 0. The van der Waals surface area contributed by atoms with Crippen LogP contribution in [0.15, 0.2) is 70.0 Å². The molecule has 154 valence electrons. The van der Waals surface area contributed by atoms with E-state index in [-0.39, 0.29) is 23.8 Å². The van der Waals surface area contributed by atoms with E-state index in [1.165, 1.54) is 15.1 Å². The fourth-order valence-electron chi connectivity index (χ4n) is 3.21. The van der Waals surface area contributed by atoms with Crippen LogP contribution in [0.5, 0.6) is 0 Å². The second-order valence-electron chi connectivity index (χ2n) is 6.88. The number of benzene rings is 1. The molecule has 0 bridgehead atoms. The van der Waals surface area contributed by atoms with Crippen molar-refractivity contribution in [2.75, 3.05) is 6.54 Å². The van der Waals surface area contributed by atoms with Gasteiger partial charge in [0, 0.05) is 32.1 Å². The number of hydrogen-bond acceptors (Lipinski definition) is 4. The molecular formula is C22H21FN4O3. The molecule has 0 spiro atoms. The maximum absolute atomic E-state index is 13.8. The summed E-state index contributed by atoms with van der Waals surface area (Å²) in [6.07, 6.45) is 2.95. The van der Waals surface area contributed by atoms with Gasteiger partial charge >= 0.3 is 5.69 Å². The monoisotopic (exact) mass is 408 g/mol. The van der Waals surface area contributed by atoms with Crippen molar-refractivity contribution in [3.63, 3.8) is 0 Å². The molecule has 0 saturated heterocycles. The van der Waals surface area contributed by atoms with Gasteiger partial charge in [0.2, 0.25) is 5.91 Å². The van der Waals surface area contributed by atoms with E-state index in [0.717, 1.165) is 0 Å². The SMILES string of the molecule is O=C(CCc1ccc(-c2ccccc2F)o1)NCCCn1nc2ccccn2c1=O. The topological polar surface area (TPSA) is 81.5 Å². The number of aryl methyl sites for hydroxylation is 2. The van der Waals surface area contributed by atoms with Crippen LogP contribution in [-0.2, 0) is 17.8 Å². The molecule has 4 aromatic rings. The van der Waals surface area contributed by atoms with Gasteiger partial charge in [-0.15, -0.1) is 5.10 Å². The lowest BCUT2D eigenvalue weighted by Gasteiger charge is -2.04. The number of carbonyl (C=O) groups excluding carboxylic acids is 1. The summed E-state index contributed by atoms with van der Waals surface area (Å²) in [5, 5.41) is 7.09. The van der Waals surface area contributed by atoms with Gasteiger partial charge in [-0.1, -0.05) is 18.2 Å². The molecule has 0 unspecified atom stereocenters. The van der Waals surface area contributed by atoms with Crippen molar-refractivity contribution in [2.45, 2.75) is 25.8 Å². The predicted molar refractivity (Wildman–Crippen MR) is 110 cm³/mol. The first-order valence-electron chi connectivity index (χ1n) is 9.76. The van der Waals surface area contributed by atoms with Crippen LogP contribution >= 0.6 is 0 Å². The first-order valence-corrected chi connectivity index (χ1v) is 9.76. The zero-order valence-corrected chi connectivity index (χ0v) is 16.3. The van der Waals surface area contributed by atoms with Gasteiger partial charge in [0.1, 0.15) is 17.3 Å². The van der Waals surface area contributed by atoms with E-state index in [1.807, 2.05) is 6.07 Å².